The number of nitrogens with zero attached hydrogens (tertiary/aromatic N) is 1. The molecule has 1 rings (SSSR count). The van der Waals surface area contributed by atoms with E-state index >= 15 is 0 Å². The molecule has 1 heterocycles. The Morgan fingerprint density at radius 2 is 2.05 bits per heavy atom. The molecule has 112 valence electrons. The van der Waals surface area contributed by atoms with E-state index in [0.29, 0.717) is 19.7 Å². The molecule has 0 aromatic carbocycles. The normalized spacial score (nSPS) is 10.3. The lowest BCUT2D eigenvalue weighted by molar-refractivity contribution is -0.143. The van der Waals surface area contributed by atoms with Crippen molar-refractivity contribution in [1.82, 2.24) is 4.90 Å². The third-order valence-corrected chi connectivity index (χ3v) is 3.80. The molecule has 1 amide bonds. The van der Waals surface area contributed by atoms with E-state index in [4.69, 9.17) is 4.74 Å². The fourth-order valence-electron chi connectivity index (χ4n) is 1.88. The van der Waals surface area contributed by atoms with Crippen LogP contribution in [0.1, 0.15) is 49.2 Å². The molecule has 5 heteroatoms. The molecule has 0 saturated carbocycles. The minimum Gasteiger partial charge on any atom is -0.466 e. The maximum absolute atomic E-state index is 12.4. The van der Waals surface area contributed by atoms with Gasteiger partial charge in [0.05, 0.1) is 17.9 Å². The summed E-state index contributed by atoms with van der Waals surface area (Å²) in [6.45, 7) is 5.43. The van der Waals surface area contributed by atoms with E-state index in [2.05, 4.69) is 6.92 Å². The van der Waals surface area contributed by atoms with Crippen molar-refractivity contribution in [2.24, 2.45) is 0 Å². The van der Waals surface area contributed by atoms with Crippen molar-refractivity contribution in [3.63, 3.8) is 0 Å². The standard InChI is InChI=1S/C15H23NO3S/c1-3-5-6-10-16(11-9-14(17)19-4-2)15(18)13-8-7-12-20-13/h7-8,12H,3-6,9-11H2,1-2H3. The van der Waals surface area contributed by atoms with E-state index in [1.807, 2.05) is 17.5 Å². The molecule has 0 saturated heterocycles. The number of carbonyl (C=O) groups excluding carboxylic acids is 2. The molecule has 0 spiro atoms. The van der Waals surface area contributed by atoms with Crippen LogP contribution in [0.15, 0.2) is 17.5 Å². The molecule has 1 aromatic heterocycles. The molecule has 0 radical (unpaired) electrons. The van der Waals surface area contributed by atoms with Crippen molar-refractivity contribution >= 4 is 23.2 Å². The van der Waals surface area contributed by atoms with Gasteiger partial charge in [-0.3, -0.25) is 9.59 Å². The van der Waals surface area contributed by atoms with Crippen LogP contribution < -0.4 is 0 Å². The van der Waals surface area contributed by atoms with Crippen molar-refractivity contribution in [2.75, 3.05) is 19.7 Å². The molecule has 0 fully saturated rings. The summed E-state index contributed by atoms with van der Waals surface area (Å²) in [6, 6.07) is 3.69. The highest BCUT2D eigenvalue weighted by molar-refractivity contribution is 7.12. The second kappa shape index (κ2) is 9.53. The molecule has 0 aliphatic carbocycles. The van der Waals surface area contributed by atoms with Crippen molar-refractivity contribution in [2.45, 2.75) is 39.5 Å². The highest BCUT2D eigenvalue weighted by Crippen LogP contribution is 2.13. The van der Waals surface area contributed by atoms with E-state index in [-0.39, 0.29) is 18.3 Å². The monoisotopic (exact) mass is 297 g/mol. The molecule has 1 aromatic rings. The second-order valence-corrected chi connectivity index (χ2v) is 5.48. The van der Waals surface area contributed by atoms with Crippen LogP contribution in [-0.4, -0.2) is 36.5 Å². The number of hydrogen-bond acceptors (Lipinski definition) is 4. The molecule has 0 unspecified atom stereocenters. The molecular weight excluding hydrogens is 274 g/mol. The van der Waals surface area contributed by atoms with E-state index < -0.39 is 0 Å². The van der Waals surface area contributed by atoms with Crippen LogP contribution in [0.5, 0.6) is 0 Å². The molecule has 0 atom stereocenters. The summed E-state index contributed by atoms with van der Waals surface area (Å²) in [5, 5.41) is 1.89. The van der Waals surface area contributed by atoms with Crippen molar-refractivity contribution in [3.05, 3.63) is 22.4 Å². The number of unbranched alkanes of at least 4 members (excludes halogenated alkanes) is 2. The molecule has 0 aliphatic rings. The molecule has 0 N–H and O–H groups in total. The van der Waals surface area contributed by atoms with E-state index in [0.717, 1.165) is 24.1 Å². The first kappa shape index (κ1) is 16.7. The van der Waals surface area contributed by atoms with Gasteiger partial charge in [-0.05, 0) is 24.8 Å². The number of thiophene rings is 1. The number of hydrogen-bond donors (Lipinski definition) is 0. The van der Waals surface area contributed by atoms with Gasteiger partial charge in [0.15, 0.2) is 0 Å². The summed E-state index contributed by atoms with van der Waals surface area (Å²) in [7, 11) is 0. The SMILES string of the molecule is CCCCCN(CCC(=O)OCC)C(=O)c1cccs1. The molecule has 4 nitrogen and oxygen atoms in total. The lowest BCUT2D eigenvalue weighted by Gasteiger charge is -2.21. The van der Waals surface area contributed by atoms with Gasteiger partial charge in [-0.2, -0.15) is 0 Å². The van der Waals surface area contributed by atoms with Gasteiger partial charge in [-0.1, -0.05) is 25.8 Å². The van der Waals surface area contributed by atoms with Crippen LogP contribution in [0.3, 0.4) is 0 Å². The summed E-state index contributed by atoms with van der Waals surface area (Å²) in [4.78, 5) is 26.3. The summed E-state index contributed by atoms with van der Waals surface area (Å²) < 4.78 is 4.91. The van der Waals surface area contributed by atoms with Crippen molar-refractivity contribution in [3.8, 4) is 0 Å². The van der Waals surface area contributed by atoms with Gasteiger partial charge in [-0.15, -0.1) is 11.3 Å². The second-order valence-electron chi connectivity index (χ2n) is 4.53. The number of esters is 1. The van der Waals surface area contributed by atoms with Gasteiger partial charge in [-0.25, -0.2) is 0 Å². The third-order valence-electron chi connectivity index (χ3n) is 2.94. The van der Waals surface area contributed by atoms with Crippen LogP contribution in [0.2, 0.25) is 0 Å². The van der Waals surface area contributed by atoms with Crippen LogP contribution in [0.25, 0.3) is 0 Å². The van der Waals surface area contributed by atoms with Crippen molar-refractivity contribution < 1.29 is 14.3 Å². The highest BCUT2D eigenvalue weighted by atomic mass is 32.1. The van der Waals surface area contributed by atoms with Crippen molar-refractivity contribution in [1.29, 1.82) is 0 Å². The first-order valence-electron chi connectivity index (χ1n) is 7.17. The summed E-state index contributed by atoms with van der Waals surface area (Å²) in [5.74, 6) is -0.229. The topological polar surface area (TPSA) is 46.6 Å². The van der Waals surface area contributed by atoms with Gasteiger partial charge < -0.3 is 9.64 Å². The first-order chi connectivity index (χ1) is 9.69. The Morgan fingerprint density at radius 3 is 2.65 bits per heavy atom. The van der Waals surface area contributed by atoms with Gasteiger partial charge in [0.1, 0.15) is 0 Å². The zero-order valence-corrected chi connectivity index (χ0v) is 13.1. The fourth-order valence-corrected chi connectivity index (χ4v) is 2.57. The van der Waals surface area contributed by atoms with E-state index in [9.17, 15) is 9.59 Å². The van der Waals surface area contributed by atoms with E-state index in [1.54, 1.807) is 11.8 Å². The average Bonchev–Trinajstić information content (AvgIpc) is 2.96. The maximum atomic E-state index is 12.4. The minimum absolute atomic E-state index is 0.0143. The smallest absolute Gasteiger partial charge is 0.307 e. The fraction of sp³-hybridized carbons (Fsp3) is 0.600. The largest absolute Gasteiger partial charge is 0.466 e. The first-order valence-corrected chi connectivity index (χ1v) is 8.05. The molecule has 20 heavy (non-hydrogen) atoms. The summed E-state index contributed by atoms with van der Waals surface area (Å²) >= 11 is 1.44. The Hall–Kier alpha value is -1.36. The van der Waals surface area contributed by atoms with Crippen LogP contribution in [0, 0.1) is 0 Å². The molecule has 0 aliphatic heterocycles. The zero-order chi connectivity index (χ0) is 14.8. The van der Waals surface area contributed by atoms with Gasteiger partial charge in [0, 0.05) is 13.1 Å². The number of carbonyl (C=O) groups is 2. The van der Waals surface area contributed by atoms with Gasteiger partial charge in [0.2, 0.25) is 0 Å². The van der Waals surface area contributed by atoms with Crippen LogP contribution in [-0.2, 0) is 9.53 Å². The lowest BCUT2D eigenvalue weighted by atomic mass is 10.2. The predicted molar refractivity (Wildman–Crippen MR) is 81.0 cm³/mol. The number of rotatable bonds is 9. The Balaban J connectivity index is 2.55. The highest BCUT2D eigenvalue weighted by Gasteiger charge is 2.17. The quantitative estimate of drug-likeness (QED) is 0.519. The van der Waals surface area contributed by atoms with Crippen LogP contribution in [0.4, 0.5) is 0 Å². The van der Waals surface area contributed by atoms with Crippen LogP contribution >= 0.6 is 11.3 Å². The predicted octanol–water partition coefficient (Wildman–Crippen LogP) is 3.33. The Bertz CT molecular complexity index is 403. The van der Waals surface area contributed by atoms with Gasteiger partial charge >= 0.3 is 5.97 Å². The Kier molecular flexibility index (Phi) is 7.95. The molecular formula is C15H23NO3S. The average molecular weight is 297 g/mol. The third kappa shape index (κ3) is 5.74. The zero-order valence-electron chi connectivity index (χ0n) is 12.3. The number of amides is 1. The van der Waals surface area contributed by atoms with E-state index in [1.165, 1.54) is 11.3 Å². The maximum Gasteiger partial charge on any atom is 0.307 e. The molecule has 0 bridgehead atoms. The minimum atomic E-state index is -0.244. The summed E-state index contributed by atoms with van der Waals surface area (Å²) in [5.41, 5.74) is 0. The van der Waals surface area contributed by atoms with Gasteiger partial charge in [0.25, 0.3) is 5.91 Å². The summed E-state index contributed by atoms with van der Waals surface area (Å²) in [6.07, 6.45) is 3.43. The number of ether oxygens (including phenoxy) is 1. The Labute approximate surface area is 124 Å². The Morgan fingerprint density at radius 1 is 1.25 bits per heavy atom. The lowest BCUT2D eigenvalue weighted by Crippen LogP contribution is -2.33.